The first-order chi connectivity index (χ1) is 13.3. The number of rotatable bonds is 7. The van der Waals surface area contributed by atoms with Crippen molar-refractivity contribution in [3.8, 4) is 5.75 Å². The minimum Gasteiger partial charge on any atom is -0.507 e. The molecule has 0 fully saturated rings. The molecule has 3 N–H and O–H groups in total. The number of nitro benzene ring substituents is 1. The van der Waals surface area contributed by atoms with Crippen LogP contribution >= 0.6 is 0 Å². The van der Waals surface area contributed by atoms with Gasteiger partial charge >= 0.3 is 0 Å². The van der Waals surface area contributed by atoms with Gasteiger partial charge in [0.2, 0.25) is 11.8 Å². The number of aryl methyl sites for hydroxylation is 2. The van der Waals surface area contributed by atoms with Crippen LogP contribution in [0.25, 0.3) is 0 Å². The molecule has 146 valence electrons. The van der Waals surface area contributed by atoms with E-state index < -0.39 is 10.8 Å². The van der Waals surface area contributed by atoms with Gasteiger partial charge in [0.05, 0.1) is 11.1 Å². The first-order valence-electron chi connectivity index (χ1n) is 8.42. The van der Waals surface area contributed by atoms with Crippen LogP contribution in [0.4, 0.5) is 11.4 Å². The number of hydrazone groups is 1. The summed E-state index contributed by atoms with van der Waals surface area (Å²) in [5.41, 5.74) is 4.72. The van der Waals surface area contributed by atoms with E-state index in [1.54, 1.807) is 0 Å². The van der Waals surface area contributed by atoms with Crippen LogP contribution in [0.1, 0.15) is 29.5 Å². The number of carbonyl (C=O) groups excluding carboxylic acids is 2. The Kier molecular flexibility index (Phi) is 6.80. The normalized spacial score (nSPS) is 10.6. The van der Waals surface area contributed by atoms with E-state index in [9.17, 15) is 24.8 Å². The number of carbonyl (C=O) groups is 2. The lowest BCUT2D eigenvalue weighted by molar-refractivity contribution is -0.384. The summed E-state index contributed by atoms with van der Waals surface area (Å²) in [6.07, 6.45) is 0.974. The first kappa shape index (κ1) is 20.6. The summed E-state index contributed by atoms with van der Waals surface area (Å²) < 4.78 is 0. The Morgan fingerprint density at radius 3 is 2.57 bits per heavy atom. The van der Waals surface area contributed by atoms with Crippen LogP contribution in [-0.4, -0.2) is 28.1 Å². The minimum absolute atomic E-state index is 0.0310. The maximum Gasteiger partial charge on any atom is 0.270 e. The molecular formula is C19H20N4O5. The van der Waals surface area contributed by atoms with Crippen molar-refractivity contribution in [1.29, 1.82) is 0 Å². The van der Waals surface area contributed by atoms with Crippen LogP contribution in [0, 0.1) is 24.0 Å². The highest BCUT2D eigenvalue weighted by Crippen LogP contribution is 2.21. The minimum atomic E-state index is -0.607. The fraction of sp³-hybridized carbons (Fsp3) is 0.211. The van der Waals surface area contributed by atoms with Crippen molar-refractivity contribution < 1.29 is 19.6 Å². The van der Waals surface area contributed by atoms with Crippen LogP contribution in [-0.2, 0) is 9.59 Å². The average molecular weight is 384 g/mol. The molecule has 28 heavy (non-hydrogen) atoms. The lowest BCUT2D eigenvalue weighted by Crippen LogP contribution is -2.21. The van der Waals surface area contributed by atoms with E-state index in [-0.39, 0.29) is 35.7 Å². The molecule has 0 spiro atoms. The number of aromatic hydroxyl groups is 1. The van der Waals surface area contributed by atoms with Crippen molar-refractivity contribution >= 4 is 29.4 Å². The third-order valence-corrected chi connectivity index (χ3v) is 3.86. The van der Waals surface area contributed by atoms with Crippen molar-refractivity contribution in [3.05, 3.63) is 63.2 Å². The molecule has 0 saturated heterocycles. The molecule has 2 aromatic carbocycles. The van der Waals surface area contributed by atoms with Gasteiger partial charge < -0.3 is 10.4 Å². The second kappa shape index (κ2) is 9.26. The predicted molar refractivity (Wildman–Crippen MR) is 104 cm³/mol. The molecule has 0 aliphatic rings. The summed E-state index contributed by atoms with van der Waals surface area (Å²) in [6.45, 7) is 3.79. The molecule has 0 heterocycles. The lowest BCUT2D eigenvalue weighted by Gasteiger charge is -2.09. The molecule has 0 aliphatic carbocycles. The standard InChI is InChI=1S/C19H20N4O5/c1-12-3-4-13(2)16(9-12)21-18(25)7-8-19(26)22-20-11-14-10-15(23(27)28)5-6-17(14)24/h3-6,9-11,24H,7-8H2,1-2H3,(H,21,25)(H,22,26)/b20-11-. The molecule has 2 rings (SSSR count). The van der Waals surface area contributed by atoms with E-state index in [4.69, 9.17) is 0 Å². The van der Waals surface area contributed by atoms with Gasteiger partial charge in [-0.1, -0.05) is 12.1 Å². The zero-order valence-corrected chi connectivity index (χ0v) is 15.4. The summed E-state index contributed by atoms with van der Waals surface area (Å²) in [4.78, 5) is 33.9. The van der Waals surface area contributed by atoms with Gasteiger partial charge in [0.25, 0.3) is 5.69 Å². The molecule has 9 nitrogen and oxygen atoms in total. The highest BCUT2D eigenvalue weighted by atomic mass is 16.6. The quantitative estimate of drug-likeness (QED) is 0.383. The van der Waals surface area contributed by atoms with Crippen LogP contribution < -0.4 is 10.7 Å². The second-order valence-electron chi connectivity index (χ2n) is 6.16. The zero-order valence-electron chi connectivity index (χ0n) is 15.4. The number of hydrogen-bond acceptors (Lipinski definition) is 6. The van der Waals surface area contributed by atoms with E-state index in [0.717, 1.165) is 29.5 Å². The number of anilines is 1. The number of non-ortho nitro benzene ring substituents is 1. The molecule has 0 aromatic heterocycles. The summed E-state index contributed by atoms with van der Waals surface area (Å²) in [6, 6.07) is 9.13. The van der Waals surface area contributed by atoms with Gasteiger partial charge in [0.15, 0.2) is 0 Å². The topological polar surface area (TPSA) is 134 Å². The predicted octanol–water partition coefficient (Wildman–Crippen LogP) is 2.79. The number of phenolic OH excluding ortho intramolecular Hbond substituents is 1. The van der Waals surface area contributed by atoms with Gasteiger partial charge in [0, 0.05) is 36.2 Å². The van der Waals surface area contributed by atoms with Crippen molar-refractivity contribution in [2.24, 2.45) is 5.10 Å². The van der Waals surface area contributed by atoms with Crippen LogP contribution in [0.15, 0.2) is 41.5 Å². The zero-order chi connectivity index (χ0) is 20.7. The van der Waals surface area contributed by atoms with Crippen LogP contribution in [0.2, 0.25) is 0 Å². The highest BCUT2D eigenvalue weighted by molar-refractivity contribution is 5.94. The molecule has 2 amide bonds. The molecule has 0 radical (unpaired) electrons. The van der Waals surface area contributed by atoms with E-state index >= 15 is 0 Å². The van der Waals surface area contributed by atoms with Gasteiger partial charge in [0.1, 0.15) is 5.75 Å². The average Bonchev–Trinajstić information content (AvgIpc) is 2.64. The monoisotopic (exact) mass is 384 g/mol. The molecule has 0 atom stereocenters. The molecule has 0 unspecified atom stereocenters. The lowest BCUT2D eigenvalue weighted by atomic mass is 10.1. The summed E-state index contributed by atoms with van der Waals surface area (Å²) in [5.74, 6) is -1.02. The van der Waals surface area contributed by atoms with E-state index in [1.807, 2.05) is 32.0 Å². The number of phenols is 1. The third kappa shape index (κ3) is 5.90. The highest BCUT2D eigenvalue weighted by Gasteiger charge is 2.10. The van der Waals surface area contributed by atoms with Crippen molar-refractivity contribution in [1.82, 2.24) is 5.43 Å². The number of amides is 2. The number of hydrogen-bond donors (Lipinski definition) is 3. The summed E-state index contributed by atoms with van der Waals surface area (Å²) in [7, 11) is 0. The van der Waals surface area contributed by atoms with Crippen LogP contribution in [0.5, 0.6) is 5.75 Å². The number of benzene rings is 2. The Morgan fingerprint density at radius 1 is 1.14 bits per heavy atom. The van der Waals surface area contributed by atoms with E-state index in [1.165, 1.54) is 6.07 Å². The van der Waals surface area contributed by atoms with Crippen molar-refractivity contribution in [3.63, 3.8) is 0 Å². The first-order valence-corrected chi connectivity index (χ1v) is 8.42. The van der Waals surface area contributed by atoms with Gasteiger partial charge in [-0.15, -0.1) is 0 Å². The Labute approximate surface area is 161 Å². The fourth-order valence-corrected chi connectivity index (χ4v) is 2.30. The molecule has 0 bridgehead atoms. The number of nitro groups is 1. The summed E-state index contributed by atoms with van der Waals surface area (Å²) >= 11 is 0. The van der Waals surface area contributed by atoms with Gasteiger partial charge in [-0.05, 0) is 37.1 Å². The maximum absolute atomic E-state index is 12.0. The maximum atomic E-state index is 12.0. The molecule has 0 aliphatic heterocycles. The molecule has 9 heteroatoms. The Bertz CT molecular complexity index is 940. The molecule has 0 saturated carbocycles. The summed E-state index contributed by atoms with van der Waals surface area (Å²) in [5, 5.41) is 26.8. The smallest absolute Gasteiger partial charge is 0.270 e. The third-order valence-electron chi connectivity index (χ3n) is 3.86. The van der Waals surface area contributed by atoms with Crippen LogP contribution in [0.3, 0.4) is 0 Å². The largest absolute Gasteiger partial charge is 0.507 e. The number of nitrogens with zero attached hydrogens (tertiary/aromatic N) is 2. The van der Waals surface area contributed by atoms with Crippen molar-refractivity contribution in [2.45, 2.75) is 26.7 Å². The van der Waals surface area contributed by atoms with Gasteiger partial charge in [-0.3, -0.25) is 19.7 Å². The van der Waals surface area contributed by atoms with Gasteiger partial charge in [-0.25, -0.2) is 5.43 Å². The Morgan fingerprint density at radius 2 is 1.86 bits per heavy atom. The molecular weight excluding hydrogens is 364 g/mol. The molecule has 2 aromatic rings. The van der Waals surface area contributed by atoms with Crippen molar-refractivity contribution in [2.75, 3.05) is 5.32 Å². The van der Waals surface area contributed by atoms with E-state index in [0.29, 0.717) is 5.69 Å². The fourth-order valence-electron chi connectivity index (χ4n) is 2.30. The Hall–Kier alpha value is -3.75. The number of nitrogens with one attached hydrogen (secondary N) is 2. The Balaban J connectivity index is 1.85. The second-order valence-corrected chi connectivity index (χ2v) is 6.16. The SMILES string of the molecule is Cc1ccc(C)c(NC(=O)CCC(=O)N/N=C\c2cc([N+](=O)[O-])ccc2O)c1. The van der Waals surface area contributed by atoms with Gasteiger partial charge in [-0.2, -0.15) is 5.10 Å². The van der Waals surface area contributed by atoms with E-state index in [2.05, 4.69) is 15.8 Å².